The van der Waals surface area contributed by atoms with Gasteiger partial charge in [-0.2, -0.15) is 0 Å². The first-order valence-corrected chi connectivity index (χ1v) is 8.38. The van der Waals surface area contributed by atoms with Gasteiger partial charge in [0.2, 0.25) is 5.91 Å². The van der Waals surface area contributed by atoms with E-state index in [9.17, 15) is 14.0 Å². The van der Waals surface area contributed by atoms with Gasteiger partial charge in [0.15, 0.2) is 5.13 Å². The number of carbonyl (C=O) groups excluding carboxylic acids is 2. The van der Waals surface area contributed by atoms with Crippen LogP contribution < -0.4 is 11.1 Å². The molecule has 2 heterocycles. The number of hydrogen-bond acceptors (Lipinski definition) is 4. The Kier molecular flexibility index (Phi) is 4.90. The van der Waals surface area contributed by atoms with Crippen molar-refractivity contribution in [1.29, 1.82) is 0 Å². The second-order valence-electron chi connectivity index (χ2n) is 5.34. The van der Waals surface area contributed by atoms with Gasteiger partial charge in [-0.15, -0.1) is 11.3 Å². The Morgan fingerprint density at radius 3 is 2.84 bits per heavy atom. The van der Waals surface area contributed by atoms with Gasteiger partial charge in [0.05, 0.1) is 5.69 Å². The predicted octanol–water partition coefficient (Wildman–Crippen LogP) is 2.95. The highest BCUT2D eigenvalue weighted by Gasteiger charge is 2.12. The Labute approximate surface area is 146 Å². The molecule has 4 N–H and O–H groups in total. The molecule has 0 saturated carbocycles. The molecule has 2 aromatic heterocycles. The smallest absolute Gasteiger partial charge is 0.265 e. The SMILES string of the molecule is NC(=O)c1cc(-c2csc(NC(=O)CCc3ccccc3F)n2)c[nH]1. The molecule has 0 aliphatic carbocycles. The Morgan fingerprint density at radius 2 is 2.12 bits per heavy atom. The minimum absolute atomic E-state index is 0.159. The topological polar surface area (TPSA) is 101 Å². The maximum Gasteiger partial charge on any atom is 0.265 e. The van der Waals surface area contributed by atoms with E-state index in [0.29, 0.717) is 34.1 Å². The number of aryl methyl sites for hydroxylation is 1. The van der Waals surface area contributed by atoms with Gasteiger partial charge in [-0.3, -0.25) is 9.59 Å². The van der Waals surface area contributed by atoms with Gasteiger partial charge in [-0.1, -0.05) is 18.2 Å². The fourth-order valence-corrected chi connectivity index (χ4v) is 3.02. The summed E-state index contributed by atoms with van der Waals surface area (Å²) >= 11 is 1.27. The van der Waals surface area contributed by atoms with Crippen LogP contribution >= 0.6 is 11.3 Å². The van der Waals surface area contributed by atoms with Crippen LogP contribution in [0.4, 0.5) is 9.52 Å². The van der Waals surface area contributed by atoms with Gasteiger partial charge < -0.3 is 16.0 Å². The van der Waals surface area contributed by atoms with E-state index in [0.717, 1.165) is 0 Å². The summed E-state index contributed by atoms with van der Waals surface area (Å²) < 4.78 is 13.5. The minimum atomic E-state index is -0.553. The maximum absolute atomic E-state index is 13.5. The highest BCUT2D eigenvalue weighted by atomic mass is 32.1. The highest BCUT2D eigenvalue weighted by Crippen LogP contribution is 2.25. The number of anilines is 1. The lowest BCUT2D eigenvalue weighted by molar-refractivity contribution is -0.116. The zero-order chi connectivity index (χ0) is 17.8. The van der Waals surface area contributed by atoms with Crippen LogP contribution in [0, 0.1) is 5.82 Å². The molecule has 0 atom stereocenters. The van der Waals surface area contributed by atoms with E-state index >= 15 is 0 Å². The molecule has 0 fully saturated rings. The van der Waals surface area contributed by atoms with Crippen molar-refractivity contribution in [3.05, 3.63) is 59.0 Å². The van der Waals surface area contributed by atoms with Crippen molar-refractivity contribution < 1.29 is 14.0 Å². The average Bonchev–Trinajstić information content (AvgIpc) is 3.23. The number of thiazole rings is 1. The molecule has 25 heavy (non-hydrogen) atoms. The molecule has 0 spiro atoms. The third-order valence-corrected chi connectivity index (χ3v) is 4.33. The molecular formula is C17H15FN4O2S. The van der Waals surface area contributed by atoms with Crippen LogP contribution in [-0.2, 0) is 11.2 Å². The molecule has 3 rings (SSSR count). The normalized spacial score (nSPS) is 10.6. The standard InChI is InChI=1S/C17H15FN4O2S/c18-12-4-2-1-3-10(12)5-6-15(23)22-17-21-14(9-25-17)11-7-13(16(19)24)20-8-11/h1-4,7-9,20H,5-6H2,(H2,19,24)(H,21,22,23). The molecule has 3 aromatic rings. The zero-order valence-corrected chi connectivity index (χ0v) is 13.9. The van der Waals surface area contributed by atoms with Crippen LogP contribution in [0.1, 0.15) is 22.5 Å². The number of carbonyl (C=O) groups is 2. The third-order valence-electron chi connectivity index (χ3n) is 3.57. The monoisotopic (exact) mass is 358 g/mol. The highest BCUT2D eigenvalue weighted by molar-refractivity contribution is 7.14. The minimum Gasteiger partial charge on any atom is -0.364 e. The molecule has 0 radical (unpaired) electrons. The van der Waals surface area contributed by atoms with Crippen molar-refractivity contribution in [3.63, 3.8) is 0 Å². The Morgan fingerprint density at radius 1 is 1.32 bits per heavy atom. The van der Waals surface area contributed by atoms with E-state index < -0.39 is 5.91 Å². The number of aromatic nitrogens is 2. The van der Waals surface area contributed by atoms with Crippen molar-refractivity contribution in [2.24, 2.45) is 5.73 Å². The van der Waals surface area contributed by atoms with Crippen molar-refractivity contribution >= 4 is 28.3 Å². The number of amides is 2. The van der Waals surface area contributed by atoms with E-state index in [1.165, 1.54) is 17.4 Å². The van der Waals surface area contributed by atoms with Gasteiger partial charge in [-0.25, -0.2) is 9.37 Å². The maximum atomic E-state index is 13.5. The molecule has 0 bridgehead atoms. The Bertz CT molecular complexity index is 919. The molecule has 6 nitrogen and oxygen atoms in total. The number of halogens is 1. The van der Waals surface area contributed by atoms with Crippen molar-refractivity contribution in [1.82, 2.24) is 9.97 Å². The van der Waals surface area contributed by atoms with E-state index in [1.807, 2.05) is 0 Å². The first-order valence-electron chi connectivity index (χ1n) is 7.50. The molecule has 128 valence electrons. The number of nitrogens with two attached hydrogens (primary N) is 1. The van der Waals surface area contributed by atoms with Crippen molar-refractivity contribution in [2.75, 3.05) is 5.32 Å². The van der Waals surface area contributed by atoms with E-state index in [2.05, 4.69) is 15.3 Å². The molecule has 8 heteroatoms. The molecule has 1 aromatic carbocycles. The summed E-state index contributed by atoms with van der Waals surface area (Å²) in [4.78, 5) is 30.2. The number of aromatic amines is 1. The lowest BCUT2D eigenvalue weighted by atomic mass is 10.1. The van der Waals surface area contributed by atoms with Gasteiger partial charge in [0.1, 0.15) is 11.5 Å². The van der Waals surface area contributed by atoms with Crippen LogP contribution in [0.2, 0.25) is 0 Å². The number of hydrogen-bond donors (Lipinski definition) is 3. The summed E-state index contributed by atoms with van der Waals surface area (Å²) in [6, 6.07) is 7.98. The molecule has 0 aliphatic rings. The van der Waals surface area contributed by atoms with E-state index in [-0.39, 0.29) is 18.1 Å². The summed E-state index contributed by atoms with van der Waals surface area (Å²) in [6.45, 7) is 0. The Balaban J connectivity index is 1.60. The molecule has 2 amide bonds. The molecule has 0 saturated heterocycles. The number of rotatable bonds is 6. The number of H-pyrrole nitrogens is 1. The van der Waals surface area contributed by atoms with Crippen molar-refractivity contribution in [3.8, 4) is 11.3 Å². The van der Waals surface area contributed by atoms with Crippen LogP contribution in [0.15, 0.2) is 41.9 Å². The van der Waals surface area contributed by atoms with Crippen LogP contribution in [0.25, 0.3) is 11.3 Å². The fourth-order valence-electron chi connectivity index (χ4n) is 2.28. The zero-order valence-electron chi connectivity index (χ0n) is 13.1. The lowest BCUT2D eigenvalue weighted by Gasteiger charge is -2.03. The summed E-state index contributed by atoms with van der Waals surface area (Å²) in [5, 5.41) is 4.90. The number of benzene rings is 1. The van der Waals surface area contributed by atoms with Gasteiger partial charge in [0.25, 0.3) is 5.91 Å². The number of primary amides is 1. The van der Waals surface area contributed by atoms with Crippen LogP contribution in [-0.4, -0.2) is 21.8 Å². The summed E-state index contributed by atoms with van der Waals surface area (Å²) in [6.07, 6.45) is 2.10. The number of nitrogens with one attached hydrogen (secondary N) is 2. The van der Waals surface area contributed by atoms with Gasteiger partial charge in [0, 0.05) is 23.6 Å². The quantitative estimate of drug-likeness (QED) is 0.631. The van der Waals surface area contributed by atoms with Crippen LogP contribution in [0.3, 0.4) is 0 Å². The predicted molar refractivity (Wildman–Crippen MR) is 93.8 cm³/mol. The fraction of sp³-hybridized carbons (Fsp3) is 0.118. The van der Waals surface area contributed by atoms with Gasteiger partial charge in [-0.05, 0) is 24.1 Å². The second kappa shape index (κ2) is 7.27. The lowest BCUT2D eigenvalue weighted by Crippen LogP contribution is -2.12. The van der Waals surface area contributed by atoms with E-state index in [1.54, 1.807) is 35.8 Å². The molecule has 0 aliphatic heterocycles. The van der Waals surface area contributed by atoms with Crippen LogP contribution in [0.5, 0.6) is 0 Å². The van der Waals surface area contributed by atoms with Gasteiger partial charge >= 0.3 is 0 Å². The summed E-state index contributed by atoms with van der Waals surface area (Å²) in [5.41, 5.74) is 7.32. The summed E-state index contributed by atoms with van der Waals surface area (Å²) in [7, 11) is 0. The van der Waals surface area contributed by atoms with Crippen molar-refractivity contribution in [2.45, 2.75) is 12.8 Å². The average molecular weight is 358 g/mol. The largest absolute Gasteiger partial charge is 0.364 e. The molecular weight excluding hydrogens is 343 g/mol. The number of nitrogens with zero attached hydrogens (tertiary/aromatic N) is 1. The van der Waals surface area contributed by atoms with E-state index in [4.69, 9.17) is 5.73 Å². The Hall–Kier alpha value is -3.00. The third kappa shape index (κ3) is 4.10. The second-order valence-corrected chi connectivity index (χ2v) is 6.20. The summed E-state index contributed by atoms with van der Waals surface area (Å²) in [5.74, 6) is -1.11. The first kappa shape index (κ1) is 16.8. The first-order chi connectivity index (χ1) is 12.0. The molecule has 0 unspecified atom stereocenters.